The number of benzene rings is 1. The van der Waals surface area contributed by atoms with Crippen LogP contribution >= 0.6 is 0 Å². The summed E-state index contributed by atoms with van der Waals surface area (Å²) in [5, 5.41) is 9.29. The van der Waals surface area contributed by atoms with E-state index in [1.54, 1.807) is 0 Å². The van der Waals surface area contributed by atoms with E-state index in [0.717, 1.165) is 10.4 Å². The fourth-order valence-electron chi connectivity index (χ4n) is 2.22. The highest BCUT2D eigenvalue weighted by Gasteiger charge is 2.44. The van der Waals surface area contributed by atoms with E-state index in [2.05, 4.69) is 0 Å². The second-order valence-corrected chi connectivity index (χ2v) is 6.68. The Hall–Kier alpha value is -1.28. The maximum Gasteiger partial charge on any atom is 0.393 e. The van der Waals surface area contributed by atoms with Crippen LogP contribution in [0.4, 0.5) is 13.2 Å². The SMILES string of the molecule is O=S(=O)(c1cccc(O)c1)N1CCCC(C(F)(F)F)C1. The highest BCUT2D eigenvalue weighted by atomic mass is 32.2. The highest BCUT2D eigenvalue weighted by Crippen LogP contribution is 2.35. The van der Waals surface area contributed by atoms with Gasteiger partial charge in [0.1, 0.15) is 5.75 Å². The van der Waals surface area contributed by atoms with Crippen molar-refractivity contribution in [1.29, 1.82) is 0 Å². The summed E-state index contributed by atoms with van der Waals surface area (Å²) >= 11 is 0. The molecule has 0 aromatic heterocycles. The molecule has 2 rings (SSSR count). The van der Waals surface area contributed by atoms with Gasteiger partial charge in [-0.25, -0.2) is 8.42 Å². The molecule has 1 unspecified atom stereocenters. The predicted molar refractivity (Wildman–Crippen MR) is 65.6 cm³/mol. The van der Waals surface area contributed by atoms with Gasteiger partial charge in [0.15, 0.2) is 0 Å². The molecule has 0 saturated carbocycles. The normalized spacial score (nSPS) is 21.9. The summed E-state index contributed by atoms with van der Waals surface area (Å²) in [6.45, 7) is -0.508. The summed E-state index contributed by atoms with van der Waals surface area (Å²) in [6, 6.07) is 4.93. The lowest BCUT2D eigenvalue weighted by Crippen LogP contribution is -2.44. The molecule has 8 heteroatoms. The standard InChI is InChI=1S/C12H14F3NO3S/c13-12(14,15)9-3-2-6-16(8-9)20(18,19)11-5-1-4-10(17)7-11/h1,4-5,7,9,17H,2-3,6,8H2. The largest absolute Gasteiger partial charge is 0.508 e. The van der Waals surface area contributed by atoms with Crippen molar-refractivity contribution in [1.82, 2.24) is 4.31 Å². The van der Waals surface area contributed by atoms with Crippen molar-refractivity contribution in [2.24, 2.45) is 5.92 Å². The first kappa shape index (κ1) is 15.1. The van der Waals surface area contributed by atoms with E-state index in [1.807, 2.05) is 0 Å². The Morgan fingerprint density at radius 1 is 1.30 bits per heavy atom. The van der Waals surface area contributed by atoms with Gasteiger partial charge >= 0.3 is 6.18 Å². The zero-order chi connectivity index (χ0) is 15.0. The zero-order valence-corrected chi connectivity index (χ0v) is 11.3. The number of alkyl halides is 3. The molecular formula is C12H14F3NO3S. The van der Waals surface area contributed by atoms with Crippen molar-refractivity contribution in [3.63, 3.8) is 0 Å². The maximum absolute atomic E-state index is 12.7. The van der Waals surface area contributed by atoms with Gasteiger partial charge in [0.2, 0.25) is 10.0 Å². The Balaban J connectivity index is 2.26. The van der Waals surface area contributed by atoms with Gasteiger partial charge in [-0.05, 0) is 31.0 Å². The van der Waals surface area contributed by atoms with Crippen LogP contribution in [-0.4, -0.2) is 37.1 Å². The minimum absolute atomic E-state index is 0.0600. The van der Waals surface area contributed by atoms with Crippen molar-refractivity contribution < 1.29 is 26.7 Å². The number of piperidine rings is 1. The van der Waals surface area contributed by atoms with E-state index in [1.165, 1.54) is 18.2 Å². The summed E-state index contributed by atoms with van der Waals surface area (Å²) in [6.07, 6.45) is -4.29. The molecule has 1 fully saturated rings. The lowest BCUT2D eigenvalue weighted by atomic mass is 9.99. The van der Waals surface area contributed by atoms with Gasteiger partial charge in [-0.1, -0.05) is 6.07 Å². The number of hydrogen-bond acceptors (Lipinski definition) is 3. The summed E-state index contributed by atoms with van der Waals surface area (Å²) in [7, 11) is -4.00. The van der Waals surface area contributed by atoms with E-state index in [9.17, 15) is 26.7 Å². The number of hydrogen-bond donors (Lipinski definition) is 1. The number of aromatic hydroxyl groups is 1. The predicted octanol–water partition coefficient (Wildman–Crippen LogP) is 2.36. The van der Waals surface area contributed by atoms with E-state index in [0.29, 0.717) is 0 Å². The minimum Gasteiger partial charge on any atom is -0.508 e. The van der Waals surface area contributed by atoms with Crippen LogP contribution in [0.3, 0.4) is 0 Å². The van der Waals surface area contributed by atoms with Crippen LogP contribution in [0.1, 0.15) is 12.8 Å². The summed E-state index contributed by atoms with van der Waals surface area (Å²) in [4.78, 5) is -0.194. The van der Waals surface area contributed by atoms with Gasteiger partial charge in [0.05, 0.1) is 10.8 Å². The van der Waals surface area contributed by atoms with Crippen molar-refractivity contribution in [3.8, 4) is 5.75 Å². The van der Waals surface area contributed by atoms with E-state index in [4.69, 9.17) is 0 Å². The third kappa shape index (κ3) is 3.06. The molecule has 1 saturated heterocycles. The van der Waals surface area contributed by atoms with Crippen LogP contribution in [0.2, 0.25) is 0 Å². The maximum atomic E-state index is 12.7. The van der Waals surface area contributed by atoms with Crippen LogP contribution in [-0.2, 0) is 10.0 Å². The second-order valence-electron chi connectivity index (χ2n) is 4.74. The number of halogens is 3. The number of phenolic OH excluding ortho intramolecular Hbond substituents is 1. The number of nitrogens with zero attached hydrogens (tertiary/aromatic N) is 1. The summed E-state index contributed by atoms with van der Waals surface area (Å²) < 4.78 is 63.5. The molecule has 0 amide bonds. The second kappa shape index (κ2) is 5.25. The van der Waals surface area contributed by atoms with Crippen LogP contribution in [0, 0.1) is 5.92 Å². The molecule has 1 aromatic rings. The number of rotatable bonds is 2. The molecule has 1 atom stereocenters. The lowest BCUT2D eigenvalue weighted by molar-refractivity contribution is -0.182. The van der Waals surface area contributed by atoms with Gasteiger partial charge in [-0.3, -0.25) is 0 Å². The Bertz CT molecular complexity index is 586. The molecule has 112 valence electrons. The van der Waals surface area contributed by atoms with Gasteiger partial charge in [-0.2, -0.15) is 17.5 Å². The molecular weight excluding hydrogens is 295 g/mol. The number of phenols is 1. The molecule has 20 heavy (non-hydrogen) atoms. The minimum atomic E-state index is -4.40. The highest BCUT2D eigenvalue weighted by molar-refractivity contribution is 7.89. The summed E-state index contributed by atoms with van der Waals surface area (Å²) in [5.74, 6) is -1.88. The first-order valence-corrected chi connectivity index (χ1v) is 7.51. The molecule has 0 bridgehead atoms. The fourth-order valence-corrected chi connectivity index (χ4v) is 3.78. The van der Waals surface area contributed by atoms with Crippen LogP contribution in [0.5, 0.6) is 5.75 Å². The molecule has 0 radical (unpaired) electrons. The third-order valence-electron chi connectivity index (χ3n) is 3.30. The van der Waals surface area contributed by atoms with Crippen molar-refractivity contribution >= 4 is 10.0 Å². The van der Waals surface area contributed by atoms with Gasteiger partial charge in [-0.15, -0.1) is 0 Å². The van der Waals surface area contributed by atoms with Gasteiger partial charge < -0.3 is 5.11 Å². The van der Waals surface area contributed by atoms with Gasteiger partial charge in [0, 0.05) is 13.1 Å². The molecule has 1 heterocycles. The van der Waals surface area contributed by atoms with Crippen LogP contribution in [0.15, 0.2) is 29.2 Å². The Morgan fingerprint density at radius 3 is 2.60 bits per heavy atom. The Kier molecular flexibility index (Phi) is 3.97. The van der Waals surface area contributed by atoms with E-state index < -0.39 is 28.7 Å². The molecule has 4 nitrogen and oxygen atoms in total. The van der Waals surface area contributed by atoms with Crippen LogP contribution in [0.25, 0.3) is 0 Å². The van der Waals surface area contributed by atoms with Crippen LogP contribution < -0.4 is 0 Å². The quantitative estimate of drug-likeness (QED) is 0.912. The van der Waals surface area contributed by atoms with E-state index in [-0.39, 0.29) is 30.0 Å². The molecule has 1 N–H and O–H groups in total. The average Bonchev–Trinajstić information content (AvgIpc) is 2.38. The van der Waals surface area contributed by atoms with Crippen molar-refractivity contribution in [3.05, 3.63) is 24.3 Å². The molecule has 1 aromatic carbocycles. The Morgan fingerprint density at radius 2 is 2.00 bits per heavy atom. The number of sulfonamides is 1. The Labute approximate surface area is 114 Å². The third-order valence-corrected chi connectivity index (χ3v) is 5.16. The molecule has 1 aliphatic rings. The topological polar surface area (TPSA) is 57.6 Å². The van der Waals surface area contributed by atoms with Gasteiger partial charge in [0.25, 0.3) is 0 Å². The van der Waals surface area contributed by atoms with E-state index >= 15 is 0 Å². The summed E-state index contributed by atoms with van der Waals surface area (Å²) in [5.41, 5.74) is 0. The first-order valence-electron chi connectivity index (χ1n) is 6.07. The smallest absolute Gasteiger partial charge is 0.393 e. The monoisotopic (exact) mass is 309 g/mol. The van der Waals surface area contributed by atoms with Crippen molar-refractivity contribution in [2.75, 3.05) is 13.1 Å². The zero-order valence-electron chi connectivity index (χ0n) is 10.5. The lowest BCUT2D eigenvalue weighted by Gasteiger charge is -2.32. The molecule has 0 aliphatic carbocycles. The molecule has 1 aliphatic heterocycles. The van der Waals surface area contributed by atoms with Crippen molar-refractivity contribution in [2.45, 2.75) is 23.9 Å². The first-order chi connectivity index (χ1) is 9.21. The molecule has 0 spiro atoms. The fraction of sp³-hybridized carbons (Fsp3) is 0.500. The average molecular weight is 309 g/mol.